The van der Waals surface area contributed by atoms with E-state index in [-0.39, 0.29) is 5.91 Å². The lowest BCUT2D eigenvalue weighted by Crippen LogP contribution is -2.39. The van der Waals surface area contributed by atoms with E-state index >= 15 is 0 Å². The molecule has 0 spiro atoms. The van der Waals surface area contributed by atoms with Crippen LogP contribution < -0.4 is 5.32 Å². The molecule has 29 heavy (non-hydrogen) atoms. The van der Waals surface area contributed by atoms with E-state index in [1.807, 2.05) is 0 Å². The molecule has 6 nitrogen and oxygen atoms in total. The summed E-state index contributed by atoms with van der Waals surface area (Å²) in [6.07, 6.45) is -1.17. The van der Waals surface area contributed by atoms with Crippen LogP contribution in [0.15, 0.2) is 36.5 Å². The molecule has 1 aliphatic heterocycles. The van der Waals surface area contributed by atoms with E-state index in [4.69, 9.17) is 4.74 Å². The van der Waals surface area contributed by atoms with Crippen molar-refractivity contribution in [2.75, 3.05) is 39.9 Å². The number of benzene rings is 1. The third kappa shape index (κ3) is 5.80. The van der Waals surface area contributed by atoms with E-state index in [9.17, 15) is 18.0 Å². The lowest BCUT2D eigenvalue weighted by Gasteiger charge is -2.31. The van der Waals surface area contributed by atoms with E-state index in [1.54, 1.807) is 31.4 Å². The van der Waals surface area contributed by atoms with Crippen LogP contribution in [0.1, 0.15) is 28.9 Å². The van der Waals surface area contributed by atoms with Crippen molar-refractivity contribution in [1.29, 1.82) is 0 Å². The normalized spacial score (nSPS) is 16.1. The molecule has 0 aliphatic carbocycles. The number of ether oxygens (including phenoxy) is 1. The molecule has 0 atom stereocenters. The van der Waals surface area contributed by atoms with Gasteiger partial charge in [0, 0.05) is 32.0 Å². The van der Waals surface area contributed by atoms with Gasteiger partial charge in [-0.05, 0) is 62.2 Å². The van der Waals surface area contributed by atoms with Crippen molar-refractivity contribution < 1.29 is 22.7 Å². The molecule has 158 valence electrons. The number of rotatable bonds is 7. The van der Waals surface area contributed by atoms with Gasteiger partial charge in [0.05, 0.1) is 12.3 Å². The van der Waals surface area contributed by atoms with Crippen LogP contribution in [0.2, 0.25) is 0 Å². The van der Waals surface area contributed by atoms with E-state index in [2.05, 4.69) is 15.3 Å². The first-order chi connectivity index (χ1) is 13.9. The van der Waals surface area contributed by atoms with Crippen molar-refractivity contribution in [2.24, 2.45) is 5.92 Å². The smallest absolute Gasteiger partial charge is 0.383 e. The Kier molecular flexibility index (Phi) is 6.92. The van der Waals surface area contributed by atoms with Gasteiger partial charge in [0.1, 0.15) is 0 Å². The summed E-state index contributed by atoms with van der Waals surface area (Å²) < 4.78 is 44.2. The number of alkyl halides is 3. The summed E-state index contributed by atoms with van der Waals surface area (Å²) in [5.41, 5.74) is -0.0254. The molecule has 1 saturated heterocycles. The van der Waals surface area contributed by atoms with E-state index in [0.29, 0.717) is 23.7 Å². The van der Waals surface area contributed by atoms with Gasteiger partial charge < -0.3 is 15.0 Å². The SMILES string of the molecule is COCCN1CCC(CNC(=O)c2ccc(-n3ccc(C(F)(F)F)n3)cc2)CC1. The first-order valence-electron chi connectivity index (χ1n) is 9.59. The van der Waals surface area contributed by atoms with Crippen LogP contribution >= 0.6 is 0 Å². The van der Waals surface area contributed by atoms with Gasteiger partial charge in [-0.3, -0.25) is 4.79 Å². The van der Waals surface area contributed by atoms with Gasteiger partial charge >= 0.3 is 6.18 Å². The van der Waals surface area contributed by atoms with Crippen LogP contribution in [0.4, 0.5) is 13.2 Å². The Morgan fingerprint density at radius 3 is 2.48 bits per heavy atom. The lowest BCUT2D eigenvalue weighted by atomic mass is 9.96. The summed E-state index contributed by atoms with van der Waals surface area (Å²) in [6, 6.07) is 7.26. The summed E-state index contributed by atoms with van der Waals surface area (Å²) in [6.45, 7) is 4.29. The molecule has 2 heterocycles. The van der Waals surface area contributed by atoms with Gasteiger partial charge in [-0.15, -0.1) is 0 Å². The molecular weight excluding hydrogens is 385 g/mol. The van der Waals surface area contributed by atoms with Crippen LogP contribution in [-0.2, 0) is 10.9 Å². The molecule has 1 aliphatic rings. The van der Waals surface area contributed by atoms with Crippen LogP contribution in [0, 0.1) is 5.92 Å². The molecule has 1 N–H and O–H groups in total. The number of likely N-dealkylation sites (tertiary alicyclic amines) is 1. The number of hydrogen-bond donors (Lipinski definition) is 1. The van der Waals surface area contributed by atoms with Crippen molar-refractivity contribution in [2.45, 2.75) is 19.0 Å². The fourth-order valence-corrected chi connectivity index (χ4v) is 3.36. The van der Waals surface area contributed by atoms with Crippen LogP contribution in [0.3, 0.4) is 0 Å². The third-order valence-electron chi connectivity index (χ3n) is 5.14. The van der Waals surface area contributed by atoms with Gasteiger partial charge in [-0.1, -0.05) is 0 Å². The maximum absolute atomic E-state index is 12.7. The Bertz CT molecular complexity index is 797. The average molecular weight is 410 g/mol. The van der Waals surface area contributed by atoms with Gasteiger partial charge in [0.2, 0.25) is 0 Å². The predicted octanol–water partition coefficient (Wildman–Crippen LogP) is 2.98. The highest BCUT2D eigenvalue weighted by Gasteiger charge is 2.33. The first-order valence-corrected chi connectivity index (χ1v) is 9.59. The third-order valence-corrected chi connectivity index (χ3v) is 5.14. The van der Waals surface area contributed by atoms with Gasteiger partial charge in [0.15, 0.2) is 5.69 Å². The molecule has 2 aromatic rings. The number of nitrogens with one attached hydrogen (secondary N) is 1. The summed E-state index contributed by atoms with van der Waals surface area (Å²) in [4.78, 5) is 14.7. The highest BCUT2D eigenvalue weighted by molar-refractivity contribution is 5.94. The zero-order chi connectivity index (χ0) is 20.9. The topological polar surface area (TPSA) is 59.4 Å². The molecule has 1 fully saturated rings. The number of carbonyl (C=O) groups is 1. The second kappa shape index (κ2) is 9.41. The maximum atomic E-state index is 12.7. The number of aromatic nitrogens is 2. The van der Waals surface area contributed by atoms with Crippen LogP contribution in [-0.4, -0.2) is 60.5 Å². The number of piperidine rings is 1. The Labute approximate surface area is 167 Å². The van der Waals surface area contributed by atoms with Crippen LogP contribution in [0.25, 0.3) is 5.69 Å². The Morgan fingerprint density at radius 1 is 1.21 bits per heavy atom. The molecular formula is C20H25F3N4O2. The Balaban J connectivity index is 1.49. The summed E-state index contributed by atoms with van der Waals surface area (Å²) in [5.74, 6) is 0.261. The minimum absolute atomic E-state index is 0.185. The molecule has 1 aromatic heterocycles. The largest absolute Gasteiger partial charge is 0.435 e. The lowest BCUT2D eigenvalue weighted by molar-refractivity contribution is -0.141. The Hall–Kier alpha value is -2.39. The van der Waals surface area contributed by atoms with Gasteiger partial charge in [-0.2, -0.15) is 18.3 Å². The van der Waals surface area contributed by atoms with Crippen molar-refractivity contribution in [3.63, 3.8) is 0 Å². The highest BCUT2D eigenvalue weighted by atomic mass is 19.4. The minimum Gasteiger partial charge on any atom is -0.383 e. The van der Waals surface area contributed by atoms with Gasteiger partial charge in [-0.25, -0.2) is 4.68 Å². The molecule has 0 bridgehead atoms. The Morgan fingerprint density at radius 2 is 1.90 bits per heavy atom. The average Bonchev–Trinajstić information content (AvgIpc) is 3.22. The number of halogens is 3. The quantitative estimate of drug-likeness (QED) is 0.763. The second-order valence-electron chi connectivity index (χ2n) is 7.18. The molecule has 0 saturated carbocycles. The maximum Gasteiger partial charge on any atom is 0.435 e. The van der Waals surface area contributed by atoms with Crippen molar-refractivity contribution in [1.82, 2.24) is 20.0 Å². The number of amides is 1. The number of carbonyl (C=O) groups excluding carboxylic acids is 1. The molecule has 9 heteroatoms. The standard InChI is InChI=1S/C20H25F3N4O2/c1-29-13-12-26-9-6-15(7-10-26)14-24-19(28)16-2-4-17(5-3-16)27-11-8-18(25-27)20(21,22)23/h2-5,8,11,15H,6-7,9-10,12-14H2,1H3,(H,24,28). The van der Waals surface area contributed by atoms with Crippen molar-refractivity contribution in [3.8, 4) is 5.69 Å². The van der Waals surface area contributed by atoms with Gasteiger partial charge in [0.25, 0.3) is 5.91 Å². The highest BCUT2D eigenvalue weighted by Crippen LogP contribution is 2.27. The molecule has 0 unspecified atom stereocenters. The molecule has 0 radical (unpaired) electrons. The number of methoxy groups -OCH3 is 1. The molecule has 1 amide bonds. The van der Waals surface area contributed by atoms with E-state index in [1.165, 1.54) is 6.20 Å². The summed E-state index contributed by atoms with van der Waals surface area (Å²) in [7, 11) is 1.70. The van der Waals surface area contributed by atoms with E-state index < -0.39 is 11.9 Å². The number of hydrogen-bond acceptors (Lipinski definition) is 4. The number of nitrogens with zero attached hydrogens (tertiary/aromatic N) is 3. The molecule has 1 aromatic carbocycles. The summed E-state index contributed by atoms with van der Waals surface area (Å²) >= 11 is 0. The van der Waals surface area contributed by atoms with Crippen LogP contribution in [0.5, 0.6) is 0 Å². The fraction of sp³-hybridized carbons (Fsp3) is 0.500. The van der Waals surface area contributed by atoms with Crippen molar-refractivity contribution >= 4 is 5.91 Å². The monoisotopic (exact) mass is 410 g/mol. The zero-order valence-corrected chi connectivity index (χ0v) is 16.3. The minimum atomic E-state index is -4.48. The summed E-state index contributed by atoms with van der Waals surface area (Å²) in [5, 5.41) is 6.48. The molecule has 3 rings (SSSR count). The predicted molar refractivity (Wildman–Crippen MR) is 102 cm³/mol. The second-order valence-corrected chi connectivity index (χ2v) is 7.18. The fourth-order valence-electron chi connectivity index (χ4n) is 3.36. The van der Waals surface area contributed by atoms with Crippen molar-refractivity contribution in [3.05, 3.63) is 47.8 Å². The zero-order valence-electron chi connectivity index (χ0n) is 16.3. The van der Waals surface area contributed by atoms with E-state index in [0.717, 1.165) is 49.8 Å². The first kappa shape index (κ1) is 21.3.